The summed E-state index contributed by atoms with van der Waals surface area (Å²) in [6, 6.07) is 19.2. The maximum Gasteiger partial charge on any atom is 0.268 e. The van der Waals surface area contributed by atoms with Crippen molar-refractivity contribution in [2.45, 2.75) is 25.8 Å². The fourth-order valence-electron chi connectivity index (χ4n) is 2.73. The fraction of sp³-hybridized carbons (Fsp3) is 0.200. The zero-order valence-electron chi connectivity index (χ0n) is 13.6. The number of rotatable bonds is 5. The van der Waals surface area contributed by atoms with Crippen molar-refractivity contribution in [2.24, 2.45) is 0 Å². The SMILES string of the molecule is CC(CCc1ccccc1)NC(=O)c1cc2ccccc2c(=O)[nH]1. The van der Waals surface area contributed by atoms with Gasteiger partial charge in [0.2, 0.25) is 0 Å². The number of H-pyrrole nitrogens is 1. The molecule has 1 unspecified atom stereocenters. The molecule has 0 aliphatic carbocycles. The molecular weight excluding hydrogens is 300 g/mol. The second-order valence-electron chi connectivity index (χ2n) is 6.00. The van der Waals surface area contributed by atoms with Crippen LogP contribution in [0.3, 0.4) is 0 Å². The Kier molecular flexibility index (Phi) is 4.75. The Balaban J connectivity index is 1.67. The first-order valence-electron chi connectivity index (χ1n) is 8.10. The lowest BCUT2D eigenvalue weighted by molar-refractivity contribution is 0.0933. The molecule has 24 heavy (non-hydrogen) atoms. The van der Waals surface area contributed by atoms with Crippen LogP contribution in [0.5, 0.6) is 0 Å². The molecule has 3 rings (SSSR count). The van der Waals surface area contributed by atoms with Gasteiger partial charge in [-0.05, 0) is 42.8 Å². The molecular formula is C20H20N2O2. The molecule has 122 valence electrons. The number of aromatic nitrogens is 1. The molecule has 0 aliphatic heterocycles. The lowest BCUT2D eigenvalue weighted by Gasteiger charge is -2.14. The van der Waals surface area contributed by atoms with Gasteiger partial charge >= 0.3 is 0 Å². The minimum atomic E-state index is -0.251. The van der Waals surface area contributed by atoms with E-state index in [-0.39, 0.29) is 17.5 Å². The van der Waals surface area contributed by atoms with Crippen molar-refractivity contribution in [3.63, 3.8) is 0 Å². The van der Waals surface area contributed by atoms with Crippen LogP contribution >= 0.6 is 0 Å². The number of aryl methyl sites for hydroxylation is 1. The topological polar surface area (TPSA) is 62.0 Å². The lowest BCUT2D eigenvalue weighted by atomic mass is 10.1. The number of carbonyl (C=O) groups is 1. The molecule has 1 aromatic heterocycles. The van der Waals surface area contributed by atoms with Crippen LogP contribution in [0.25, 0.3) is 10.8 Å². The van der Waals surface area contributed by atoms with Crippen molar-refractivity contribution in [2.75, 3.05) is 0 Å². The molecule has 0 saturated heterocycles. The number of nitrogens with one attached hydrogen (secondary N) is 2. The highest BCUT2D eigenvalue weighted by Gasteiger charge is 2.12. The first-order chi connectivity index (χ1) is 11.6. The molecule has 0 bridgehead atoms. The Bertz CT molecular complexity index is 900. The smallest absolute Gasteiger partial charge is 0.268 e. The molecule has 1 heterocycles. The normalized spacial score (nSPS) is 12.0. The van der Waals surface area contributed by atoms with E-state index in [2.05, 4.69) is 22.4 Å². The van der Waals surface area contributed by atoms with Gasteiger partial charge in [-0.3, -0.25) is 9.59 Å². The van der Waals surface area contributed by atoms with Crippen LogP contribution in [0.4, 0.5) is 0 Å². The van der Waals surface area contributed by atoms with Crippen molar-refractivity contribution >= 4 is 16.7 Å². The molecule has 1 atom stereocenters. The van der Waals surface area contributed by atoms with Crippen LogP contribution in [0.2, 0.25) is 0 Å². The third kappa shape index (κ3) is 3.71. The van der Waals surface area contributed by atoms with Gasteiger partial charge in [-0.15, -0.1) is 0 Å². The van der Waals surface area contributed by atoms with E-state index in [1.807, 2.05) is 43.3 Å². The highest BCUT2D eigenvalue weighted by molar-refractivity contribution is 5.96. The molecule has 0 saturated carbocycles. The van der Waals surface area contributed by atoms with E-state index in [0.29, 0.717) is 11.1 Å². The summed E-state index contributed by atoms with van der Waals surface area (Å²) in [5.41, 5.74) is 1.30. The lowest BCUT2D eigenvalue weighted by Crippen LogP contribution is -2.34. The second-order valence-corrected chi connectivity index (χ2v) is 6.00. The second kappa shape index (κ2) is 7.13. The number of aromatic amines is 1. The zero-order chi connectivity index (χ0) is 16.9. The molecule has 4 nitrogen and oxygen atoms in total. The van der Waals surface area contributed by atoms with Crippen LogP contribution in [-0.2, 0) is 6.42 Å². The minimum Gasteiger partial charge on any atom is -0.348 e. The van der Waals surface area contributed by atoms with Crippen molar-refractivity contribution in [1.29, 1.82) is 0 Å². The average Bonchev–Trinajstić information content (AvgIpc) is 2.61. The monoisotopic (exact) mass is 320 g/mol. The molecule has 0 fully saturated rings. The fourth-order valence-corrected chi connectivity index (χ4v) is 2.73. The van der Waals surface area contributed by atoms with Gasteiger partial charge in [-0.25, -0.2) is 0 Å². The number of carbonyl (C=O) groups excluding carboxylic acids is 1. The number of benzene rings is 2. The van der Waals surface area contributed by atoms with Gasteiger partial charge in [-0.2, -0.15) is 0 Å². The average molecular weight is 320 g/mol. The van der Waals surface area contributed by atoms with Crippen LogP contribution in [0, 0.1) is 0 Å². The molecule has 1 amide bonds. The van der Waals surface area contributed by atoms with Gasteiger partial charge in [0.1, 0.15) is 5.69 Å². The maximum absolute atomic E-state index is 12.4. The molecule has 0 radical (unpaired) electrons. The van der Waals surface area contributed by atoms with E-state index < -0.39 is 0 Å². The van der Waals surface area contributed by atoms with Gasteiger partial charge in [0, 0.05) is 11.4 Å². The molecule has 0 spiro atoms. The minimum absolute atomic E-state index is 0.0210. The van der Waals surface area contributed by atoms with E-state index >= 15 is 0 Å². The van der Waals surface area contributed by atoms with Gasteiger partial charge in [-0.1, -0.05) is 48.5 Å². The Labute approximate surface area is 140 Å². The predicted octanol–water partition coefficient (Wildman–Crippen LogP) is 3.28. The summed E-state index contributed by atoms with van der Waals surface area (Å²) in [5.74, 6) is -0.251. The number of fused-ring (bicyclic) bond motifs is 1. The summed E-state index contributed by atoms with van der Waals surface area (Å²) in [7, 11) is 0. The van der Waals surface area contributed by atoms with Crippen LogP contribution in [-0.4, -0.2) is 16.9 Å². The summed E-state index contributed by atoms with van der Waals surface area (Å²) in [5, 5.41) is 4.31. The highest BCUT2D eigenvalue weighted by Crippen LogP contribution is 2.10. The zero-order valence-corrected chi connectivity index (χ0v) is 13.6. The van der Waals surface area contributed by atoms with Crippen LogP contribution in [0.15, 0.2) is 65.5 Å². The standard InChI is InChI=1S/C20H20N2O2/c1-14(11-12-15-7-3-2-4-8-15)21-20(24)18-13-16-9-5-6-10-17(16)19(23)22-18/h2-10,13-14H,11-12H2,1H3,(H,21,24)(H,22,23). The summed E-state index contributed by atoms with van der Waals surface area (Å²) in [4.78, 5) is 27.1. The highest BCUT2D eigenvalue weighted by atomic mass is 16.2. The first kappa shape index (κ1) is 16.0. The van der Waals surface area contributed by atoms with Crippen molar-refractivity contribution in [3.05, 3.63) is 82.3 Å². The first-order valence-corrected chi connectivity index (χ1v) is 8.10. The van der Waals surface area contributed by atoms with E-state index in [4.69, 9.17) is 0 Å². The maximum atomic E-state index is 12.4. The van der Waals surface area contributed by atoms with Gasteiger partial charge in [0.25, 0.3) is 11.5 Å². The molecule has 2 N–H and O–H groups in total. The quantitative estimate of drug-likeness (QED) is 0.758. The number of pyridine rings is 1. The Morgan fingerprint density at radius 3 is 2.58 bits per heavy atom. The summed E-state index contributed by atoms with van der Waals surface area (Å²) < 4.78 is 0. The van der Waals surface area contributed by atoms with Gasteiger partial charge in [0.15, 0.2) is 0 Å². The number of amides is 1. The van der Waals surface area contributed by atoms with Crippen molar-refractivity contribution in [1.82, 2.24) is 10.3 Å². The third-order valence-electron chi connectivity index (χ3n) is 4.08. The van der Waals surface area contributed by atoms with Crippen molar-refractivity contribution < 1.29 is 4.79 Å². The van der Waals surface area contributed by atoms with E-state index in [0.717, 1.165) is 18.2 Å². The molecule has 0 aliphatic rings. The number of hydrogen-bond acceptors (Lipinski definition) is 2. The van der Waals surface area contributed by atoms with E-state index in [1.54, 1.807) is 12.1 Å². The van der Waals surface area contributed by atoms with Crippen LogP contribution < -0.4 is 10.9 Å². The Morgan fingerprint density at radius 1 is 1.08 bits per heavy atom. The van der Waals surface area contributed by atoms with E-state index in [1.165, 1.54) is 5.56 Å². The molecule has 3 aromatic rings. The summed E-state index contributed by atoms with van der Waals surface area (Å²) in [6.07, 6.45) is 1.74. The number of hydrogen-bond donors (Lipinski definition) is 2. The predicted molar refractivity (Wildman–Crippen MR) is 96.3 cm³/mol. The van der Waals surface area contributed by atoms with Crippen LogP contribution in [0.1, 0.15) is 29.4 Å². The Hall–Kier alpha value is -2.88. The van der Waals surface area contributed by atoms with E-state index in [9.17, 15) is 9.59 Å². The summed E-state index contributed by atoms with van der Waals surface area (Å²) >= 11 is 0. The third-order valence-corrected chi connectivity index (χ3v) is 4.08. The van der Waals surface area contributed by atoms with Gasteiger partial charge < -0.3 is 10.3 Å². The molecule has 2 aromatic carbocycles. The van der Waals surface area contributed by atoms with Gasteiger partial charge in [0.05, 0.1) is 0 Å². The largest absolute Gasteiger partial charge is 0.348 e. The Morgan fingerprint density at radius 2 is 1.79 bits per heavy atom. The molecule has 4 heteroatoms. The summed E-state index contributed by atoms with van der Waals surface area (Å²) in [6.45, 7) is 1.97. The van der Waals surface area contributed by atoms with Crippen molar-refractivity contribution in [3.8, 4) is 0 Å².